The summed E-state index contributed by atoms with van der Waals surface area (Å²) in [6, 6.07) is 9.13. The number of carbonyl (C=O) groups excluding carboxylic acids is 2. The summed E-state index contributed by atoms with van der Waals surface area (Å²) in [6.07, 6.45) is 0.277. The van der Waals surface area contributed by atoms with Crippen LogP contribution in [0, 0.1) is 6.92 Å². The van der Waals surface area contributed by atoms with E-state index in [1.807, 2.05) is 58.0 Å². The normalized spacial score (nSPS) is 18.9. The molecule has 168 valence electrons. The lowest BCUT2D eigenvalue weighted by atomic mass is 9.86. The Balaban J connectivity index is 1.74. The number of aromatic nitrogens is 1. The number of hydrogen-bond acceptors (Lipinski definition) is 6. The van der Waals surface area contributed by atoms with Gasteiger partial charge in [0.05, 0.1) is 12.8 Å². The van der Waals surface area contributed by atoms with E-state index in [9.17, 15) is 9.59 Å². The van der Waals surface area contributed by atoms with Crippen LogP contribution in [0.4, 0.5) is 14.6 Å². The van der Waals surface area contributed by atoms with Gasteiger partial charge in [-0.3, -0.25) is 5.32 Å². The quantitative estimate of drug-likeness (QED) is 0.727. The SMILES string of the molecule is COc1ccc([C@@H]2CN(C(=O)OC(C)(C)C)CC[C@H]2NC(=O)Nc2cc(C)ns2)cc1. The zero-order valence-corrected chi connectivity index (χ0v) is 19.4. The van der Waals surface area contributed by atoms with Crippen LogP contribution < -0.4 is 15.4 Å². The van der Waals surface area contributed by atoms with Crippen LogP contribution in [0.2, 0.25) is 0 Å². The Labute approximate surface area is 187 Å². The first kappa shape index (κ1) is 22.9. The molecule has 2 aromatic rings. The topological polar surface area (TPSA) is 92.8 Å². The summed E-state index contributed by atoms with van der Waals surface area (Å²) in [5.74, 6) is 0.674. The molecule has 0 spiro atoms. The van der Waals surface area contributed by atoms with Crippen molar-refractivity contribution in [3.63, 3.8) is 0 Å². The van der Waals surface area contributed by atoms with Crippen molar-refractivity contribution in [3.05, 3.63) is 41.6 Å². The van der Waals surface area contributed by atoms with Gasteiger partial charge in [-0.25, -0.2) is 9.59 Å². The molecule has 0 bridgehead atoms. The monoisotopic (exact) mass is 446 g/mol. The fourth-order valence-corrected chi connectivity index (χ4v) is 4.20. The zero-order chi connectivity index (χ0) is 22.6. The molecule has 31 heavy (non-hydrogen) atoms. The number of nitrogens with one attached hydrogen (secondary N) is 2. The molecule has 0 unspecified atom stereocenters. The maximum absolute atomic E-state index is 12.6. The number of aryl methyl sites for hydroxylation is 1. The van der Waals surface area contributed by atoms with Crippen LogP contribution in [0.5, 0.6) is 5.75 Å². The lowest BCUT2D eigenvalue weighted by molar-refractivity contribution is 0.0180. The van der Waals surface area contributed by atoms with Gasteiger partial charge in [0.2, 0.25) is 0 Å². The van der Waals surface area contributed by atoms with E-state index >= 15 is 0 Å². The molecule has 3 amide bonds. The molecule has 1 aromatic heterocycles. The molecule has 1 aliphatic heterocycles. The molecule has 9 heteroatoms. The Morgan fingerprint density at radius 1 is 1.23 bits per heavy atom. The molecular formula is C22H30N4O4S. The van der Waals surface area contributed by atoms with Crippen LogP contribution in [0.15, 0.2) is 30.3 Å². The average molecular weight is 447 g/mol. The van der Waals surface area contributed by atoms with Crippen molar-refractivity contribution in [2.75, 3.05) is 25.5 Å². The molecule has 0 aliphatic carbocycles. The molecule has 2 N–H and O–H groups in total. The molecule has 0 radical (unpaired) electrons. The maximum Gasteiger partial charge on any atom is 0.410 e. The number of benzene rings is 1. The van der Waals surface area contributed by atoms with Gasteiger partial charge >= 0.3 is 12.1 Å². The first-order valence-electron chi connectivity index (χ1n) is 10.3. The van der Waals surface area contributed by atoms with E-state index in [1.54, 1.807) is 12.0 Å². The first-order chi connectivity index (χ1) is 14.6. The Morgan fingerprint density at radius 3 is 2.52 bits per heavy atom. The minimum absolute atomic E-state index is 0.0823. The maximum atomic E-state index is 12.6. The Morgan fingerprint density at radius 2 is 1.94 bits per heavy atom. The molecule has 1 aromatic carbocycles. The number of piperidine rings is 1. The average Bonchev–Trinajstić information content (AvgIpc) is 3.11. The first-order valence-corrected chi connectivity index (χ1v) is 11.0. The van der Waals surface area contributed by atoms with Crippen molar-refractivity contribution in [1.82, 2.24) is 14.6 Å². The Bertz CT molecular complexity index is 907. The Hall–Kier alpha value is -2.81. The van der Waals surface area contributed by atoms with Gasteiger partial charge in [0.1, 0.15) is 16.4 Å². The van der Waals surface area contributed by atoms with Crippen molar-refractivity contribution in [1.29, 1.82) is 0 Å². The predicted molar refractivity (Wildman–Crippen MR) is 121 cm³/mol. The van der Waals surface area contributed by atoms with Gasteiger partial charge in [0.15, 0.2) is 0 Å². The second-order valence-electron chi connectivity index (χ2n) is 8.63. The van der Waals surface area contributed by atoms with E-state index in [-0.39, 0.29) is 24.1 Å². The number of methoxy groups -OCH3 is 1. The van der Waals surface area contributed by atoms with Gasteiger partial charge in [0.25, 0.3) is 0 Å². The van der Waals surface area contributed by atoms with E-state index in [4.69, 9.17) is 9.47 Å². The lowest BCUT2D eigenvalue weighted by Gasteiger charge is -2.39. The predicted octanol–water partition coefficient (Wildman–Crippen LogP) is 4.37. The van der Waals surface area contributed by atoms with Crippen molar-refractivity contribution in [2.24, 2.45) is 0 Å². The largest absolute Gasteiger partial charge is 0.497 e. The number of anilines is 1. The lowest BCUT2D eigenvalue weighted by Crippen LogP contribution is -2.52. The number of hydrogen-bond donors (Lipinski definition) is 2. The van der Waals surface area contributed by atoms with Crippen molar-refractivity contribution in [2.45, 2.75) is 51.7 Å². The summed E-state index contributed by atoms with van der Waals surface area (Å²) >= 11 is 1.25. The second kappa shape index (κ2) is 9.55. The van der Waals surface area contributed by atoms with Gasteiger partial charge in [-0.1, -0.05) is 12.1 Å². The van der Waals surface area contributed by atoms with E-state index in [0.29, 0.717) is 24.5 Å². The van der Waals surface area contributed by atoms with Crippen molar-refractivity contribution < 1.29 is 19.1 Å². The minimum Gasteiger partial charge on any atom is -0.497 e. The highest BCUT2D eigenvalue weighted by atomic mass is 32.1. The molecule has 3 rings (SSSR count). The number of urea groups is 1. The second-order valence-corrected chi connectivity index (χ2v) is 9.44. The number of ether oxygens (including phenoxy) is 2. The highest BCUT2D eigenvalue weighted by molar-refractivity contribution is 7.10. The summed E-state index contributed by atoms with van der Waals surface area (Å²) in [5, 5.41) is 6.62. The number of likely N-dealkylation sites (tertiary alicyclic amines) is 1. The third-order valence-corrected chi connectivity index (χ3v) is 5.79. The van der Waals surface area contributed by atoms with Crippen molar-refractivity contribution >= 4 is 28.7 Å². The van der Waals surface area contributed by atoms with E-state index in [1.165, 1.54) is 11.5 Å². The van der Waals surface area contributed by atoms with Gasteiger partial charge in [-0.15, -0.1) is 0 Å². The molecular weight excluding hydrogens is 416 g/mol. The minimum atomic E-state index is -0.561. The van der Waals surface area contributed by atoms with E-state index in [2.05, 4.69) is 15.0 Å². The standard InChI is InChI=1S/C22H30N4O4S/c1-14-12-19(31-25-14)24-20(27)23-18-10-11-26(21(28)30-22(2,3)4)13-17(18)15-6-8-16(29-5)9-7-15/h6-9,12,17-18H,10-11,13H2,1-5H3,(H2,23,24,27)/t17-,18+/m0/s1. The van der Waals surface area contributed by atoms with Crippen LogP contribution in [0.25, 0.3) is 0 Å². The van der Waals surface area contributed by atoms with Gasteiger partial charge in [0, 0.05) is 25.0 Å². The number of carbonyl (C=O) groups is 2. The smallest absolute Gasteiger partial charge is 0.410 e. The molecule has 1 saturated heterocycles. The summed E-state index contributed by atoms with van der Waals surface area (Å²) in [5.41, 5.74) is 1.32. The number of rotatable bonds is 4. The third-order valence-electron chi connectivity index (χ3n) is 4.99. The van der Waals surface area contributed by atoms with Crippen LogP contribution in [0.1, 0.15) is 44.4 Å². The fraction of sp³-hybridized carbons (Fsp3) is 0.500. The van der Waals surface area contributed by atoms with Crippen LogP contribution in [-0.4, -0.2) is 53.2 Å². The molecule has 1 fully saturated rings. The zero-order valence-electron chi connectivity index (χ0n) is 18.6. The molecule has 2 heterocycles. The van der Waals surface area contributed by atoms with Gasteiger partial charge in [-0.05, 0) is 69.4 Å². The van der Waals surface area contributed by atoms with Gasteiger partial charge < -0.3 is 19.7 Å². The summed E-state index contributed by atoms with van der Waals surface area (Å²) in [7, 11) is 1.62. The van der Waals surface area contributed by atoms with Gasteiger partial charge in [-0.2, -0.15) is 4.37 Å². The number of amides is 3. The summed E-state index contributed by atoms with van der Waals surface area (Å²) in [4.78, 5) is 27.0. The highest BCUT2D eigenvalue weighted by Gasteiger charge is 2.35. The summed E-state index contributed by atoms with van der Waals surface area (Å²) < 4.78 is 15.0. The number of nitrogens with zero attached hydrogens (tertiary/aromatic N) is 2. The van der Waals surface area contributed by atoms with E-state index in [0.717, 1.165) is 17.0 Å². The molecule has 8 nitrogen and oxygen atoms in total. The van der Waals surface area contributed by atoms with Crippen LogP contribution in [-0.2, 0) is 4.74 Å². The third kappa shape index (κ3) is 6.33. The van der Waals surface area contributed by atoms with Crippen LogP contribution >= 0.6 is 11.5 Å². The van der Waals surface area contributed by atoms with E-state index < -0.39 is 5.60 Å². The highest BCUT2D eigenvalue weighted by Crippen LogP contribution is 2.30. The molecule has 0 saturated carbocycles. The van der Waals surface area contributed by atoms with Crippen LogP contribution in [0.3, 0.4) is 0 Å². The molecule has 1 aliphatic rings. The Kier molecular flexibility index (Phi) is 7.04. The van der Waals surface area contributed by atoms with Crippen molar-refractivity contribution in [3.8, 4) is 5.75 Å². The fourth-order valence-electron chi connectivity index (χ4n) is 3.54. The molecule has 2 atom stereocenters. The summed E-state index contributed by atoms with van der Waals surface area (Å²) in [6.45, 7) is 8.40.